The van der Waals surface area contributed by atoms with Crippen LogP contribution in [-0.2, 0) is 4.79 Å². The standard InChI is InChI=1S/C20H29N5O/c26-18(20-13-15-10-16(14-20)12-17(20)11-15)21-4-5-24-6-8-25(9-7-24)19-22-2-1-3-23-19/h1-3,15-17H,4-14H2,(H,21,26). The molecule has 0 aromatic carbocycles. The average molecular weight is 355 g/mol. The Morgan fingerprint density at radius 2 is 1.77 bits per heavy atom. The Hall–Kier alpha value is -1.69. The molecule has 0 radical (unpaired) electrons. The van der Waals surface area contributed by atoms with Gasteiger partial charge >= 0.3 is 0 Å². The third kappa shape index (κ3) is 2.79. The van der Waals surface area contributed by atoms with E-state index in [-0.39, 0.29) is 5.41 Å². The van der Waals surface area contributed by atoms with Gasteiger partial charge in [0.2, 0.25) is 11.9 Å². The smallest absolute Gasteiger partial charge is 0.226 e. The van der Waals surface area contributed by atoms with Gasteiger partial charge in [0.1, 0.15) is 0 Å². The minimum atomic E-state index is 0.0108. The molecule has 1 aliphatic heterocycles. The molecule has 140 valence electrons. The van der Waals surface area contributed by atoms with Crippen LogP contribution in [-0.4, -0.2) is 60.0 Å². The second-order valence-corrected chi connectivity index (χ2v) is 8.83. The summed E-state index contributed by atoms with van der Waals surface area (Å²) in [5.74, 6) is 3.55. The van der Waals surface area contributed by atoms with Crippen LogP contribution in [0, 0.1) is 23.2 Å². The number of carbonyl (C=O) groups excluding carboxylic acids is 1. The van der Waals surface area contributed by atoms with Gasteiger partial charge in [-0.3, -0.25) is 9.69 Å². The monoisotopic (exact) mass is 355 g/mol. The first-order valence-corrected chi connectivity index (χ1v) is 10.3. The lowest BCUT2D eigenvalue weighted by atomic mass is 9.75. The number of amides is 1. The van der Waals surface area contributed by atoms with Gasteiger partial charge in [-0.1, -0.05) is 0 Å². The number of nitrogens with one attached hydrogen (secondary N) is 1. The first-order chi connectivity index (χ1) is 12.7. The molecule has 5 aliphatic rings. The summed E-state index contributed by atoms with van der Waals surface area (Å²) in [5, 5.41) is 3.30. The number of carbonyl (C=O) groups is 1. The highest BCUT2D eigenvalue weighted by Crippen LogP contribution is 2.65. The van der Waals surface area contributed by atoms with Crippen molar-refractivity contribution >= 4 is 11.9 Å². The third-order valence-electron chi connectivity index (χ3n) is 7.36. The maximum Gasteiger partial charge on any atom is 0.226 e. The molecular formula is C20H29N5O. The number of anilines is 1. The highest BCUT2D eigenvalue weighted by molar-refractivity contribution is 5.84. The minimum absolute atomic E-state index is 0.0108. The number of nitrogens with zero attached hydrogens (tertiary/aromatic N) is 4. The summed E-state index contributed by atoms with van der Waals surface area (Å²) in [6.07, 6.45) is 9.94. The van der Waals surface area contributed by atoms with Crippen LogP contribution in [0.3, 0.4) is 0 Å². The molecule has 1 aromatic rings. The zero-order valence-corrected chi connectivity index (χ0v) is 15.4. The molecule has 4 bridgehead atoms. The molecule has 1 aromatic heterocycles. The van der Waals surface area contributed by atoms with Gasteiger partial charge in [-0.2, -0.15) is 0 Å². The maximum absolute atomic E-state index is 12.9. The Labute approximate surface area is 155 Å². The van der Waals surface area contributed by atoms with Crippen LogP contribution < -0.4 is 10.2 Å². The Bertz CT molecular complexity index is 643. The van der Waals surface area contributed by atoms with E-state index in [1.807, 2.05) is 6.07 Å². The Balaban J connectivity index is 1.08. The fourth-order valence-corrected chi connectivity index (χ4v) is 6.30. The van der Waals surface area contributed by atoms with E-state index in [9.17, 15) is 4.79 Å². The molecule has 1 N–H and O–H groups in total. The summed E-state index contributed by atoms with van der Waals surface area (Å²) >= 11 is 0. The fraction of sp³-hybridized carbons (Fsp3) is 0.750. The fourth-order valence-electron chi connectivity index (χ4n) is 6.30. The highest BCUT2D eigenvalue weighted by atomic mass is 16.2. The van der Waals surface area contributed by atoms with Gasteiger partial charge in [-0.05, 0) is 55.9 Å². The van der Waals surface area contributed by atoms with E-state index in [0.29, 0.717) is 11.8 Å². The SMILES string of the molecule is O=C(NCCN1CCN(c2ncccn2)CC1)C12CC3CC(CC1C3)C2. The molecule has 1 amide bonds. The zero-order valence-electron chi connectivity index (χ0n) is 15.4. The van der Waals surface area contributed by atoms with E-state index < -0.39 is 0 Å². The van der Waals surface area contributed by atoms with Crippen LogP contribution in [0.2, 0.25) is 0 Å². The minimum Gasteiger partial charge on any atom is -0.354 e. The van der Waals surface area contributed by atoms with Crippen molar-refractivity contribution in [1.29, 1.82) is 0 Å². The van der Waals surface area contributed by atoms with Gasteiger partial charge in [0, 0.05) is 51.7 Å². The summed E-state index contributed by atoms with van der Waals surface area (Å²) in [4.78, 5) is 26.3. The lowest BCUT2D eigenvalue weighted by Gasteiger charge is -2.35. The van der Waals surface area contributed by atoms with Gasteiger partial charge in [0.25, 0.3) is 0 Å². The van der Waals surface area contributed by atoms with Crippen molar-refractivity contribution in [1.82, 2.24) is 20.2 Å². The van der Waals surface area contributed by atoms with Crippen LogP contribution in [0.25, 0.3) is 0 Å². The number of aromatic nitrogens is 2. The van der Waals surface area contributed by atoms with Gasteiger partial charge in [0.15, 0.2) is 0 Å². The molecule has 0 spiro atoms. The molecule has 5 fully saturated rings. The third-order valence-corrected chi connectivity index (χ3v) is 7.36. The number of hydrogen-bond donors (Lipinski definition) is 1. The number of hydrogen-bond acceptors (Lipinski definition) is 5. The second kappa shape index (κ2) is 6.48. The summed E-state index contributed by atoms with van der Waals surface area (Å²) in [6, 6.07) is 1.85. The van der Waals surface area contributed by atoms with E-state index in [1.54, 1.807) is 12.4 Å². The maximum atomic E-state index is 12.9. The molecule has 6 heteroatoms. The molecular weight excluding hydrogens is 326 g/mol. The van der Waals surface area contributed by atoms with Gasteiger partial charge in [-0.25, -0.2) is 9.97 Å². The largest absolute Gasteiger partial charge is 0.354 e. The first kappa shape index (κ1) is 16.5. The van der Waals surface area contributed by atoms with Crippen LogP contribution in [0.15, 0.2) is 18.5 Å². The molecule has 26 heavy (non-hydrogen) atoms. The number of rotatable bonds is 5. The highest BCUT2D eigenvalue weighted by Gasteiger charge is 2.61. The summed E-state index contributed by atoms with van der Waals surface area (Å²) in [7, 11) is 0. The van der Waals surface area contributed by atoms with Crippen molar-refractivity contribution in [3.05, 3.63) is 18.5 Å². The Morgan fingerprint density at radius 1 is 1.08 bits per heavy atom. The van der Waals surface area contributed by atoms with Gasteiger partial charge in [0.05, 0.1) is 5.41 Å². The van der Waals surface area contributed by atoms with Crippen molar-refractivity contribution in [3.8, 4) is 0 Å². The van der Waals surface area contributed by atoms with Gasteiger partial charge in [-0.15, -0.1) is 0 Å². The Kier molecular flexibility index (Phi) is 4.11. The molecule has 2 heterocycles. The van der Waals surface area contributed by atoms with Crippen molar-refractivity contribution < 1.29 is 4.79 Å². The van der Waals surface area contributed by atoms with Crippen molar-refractivity contribution in [2.45, 2.75) is 32.1 Å². The molecule has 6 nitrogen and oxygen atoms in total. The predicted molar refractivity (Wildman–Crippen MR) is 99.7 cm³/mol. The summed E-state index contributed by atoms with van der Waals surface area (Å²) in [5.41, 5.74) is 0.0108. The van der Waals surface area contributed by atoms with Crippen molar-refractivity contribution in [2.24, 2.45) is 23.2 Å². The molecule has 1 saturated heterocycles. The quantitative estimate of drug-likeness (QED) is 0.868. The summed E-state index contributed by atoms with van der Waals surface area (Å²) in [6.45, 7) is 5.64. The van der Waals surface area contributed by atoms with E-state index >= 15 is 0 Å². The molecule has 2 atom stereocenters. The van der Waals surface area contributed by atoms with E-state index in [2.05, 4.69) is 25.1 Å². The predicted octanol–water partition coefficient (Wildman–Crippen LogP) is 1.54. The molecule has 4 saturated carbocycles. The molecule has 2 unspecified atom stereocenters. The van der Waals surface area contributed by atoms with Crippen molar-refractivity contribution in [3.63, 3.8) is 0 Å². The molecule has 4 aliphatic carbocycles. The zero-order chi connectivity index (χ0) is 17.6. The van der Waals surface area contributed by atoms with E-state index in [1.165, 1.54) is 19.3 Å². The van der Waals surface area contributed by atoms with Crippen LogP contribution >= 0.6 is 0 Å². The van der Waals surface area contributed by atoms with Crippen LogP contribution in [0.4, 0.5) is 5.95 Å². The first-order valence-electron chi connectivity index (χ1n) is 10.3. The van der Waals surface area contributed by atoms with Crippen molar-refractivity contribution in [2.75, 3.05) is 44.2 Å². The topological polar surface area (TPSA) is 61.4 Å². The van der Waals surface area contributed by atoms with Crippen LogP contribution in [0.5, 0.6) is 0 Å². The lowest BCUT2D eigenvalue weighted by molar-refractivity contribution is -0.132. The second-order valence-electron chi connectivity index (χ2n) is 8.83. The Morgan fingerprint density at radius 3 is 2.46 bits per heavy atom. The van der Waals surface area contributed by atoms with E-state index in [0.717, 1.165) is 69.9 Å². The summed E-state index contributed by atoms with van der Waals surface area (Å²) < 4.78 is 0. The molecule has 6 rings (SSSR count). The van der Waals surface area contributed by atoms with Gasteiger partial charge < -0.3 is 10.2 Å². The van der Waals surface area contributed by atoms with Crippen LogP contribution in [0.1, 0.15) is 32.1 Å². The van der Waals surface area contributed by atoms with E-state index in [4.69, 9.17) is 0 Å². The normalized spacial score (nSPS) is 35.8. The lowest BCUT2D eigenvalue weighted by Crippen LogP contribution is -2.50. The number of piperazine rings is 1. The average Bonchev–Trinajstić information content (AvgIpc) is 3.08.